The van der Waals surface area contributed by atoms with Crippen LogP contribution in [-0.4, -0.2) is 16.2 Å². The van der Waals surface area contributed by atoms with Crippen LogP contribution in [0.4, 0.5) is 0 Å². The average Bonchev–Trinajstić information content (AvgIpc) is 2.92. The molecular weight excluding hydrogens is 224 g/mol. The van der Waals surface area contributed by atoms with Gasteiger partial charge in [-0.2, -0.15) is 0 Å². The van der Waals surface area contributed by atoms with E-state index in [4.69, 9.17) is 4.74 Å². The maximum absolute atomic E-state index is 5.81. The predicted molar refractivity (Wildman–Crippen MR) is 71.7 cm³/mol. The van der Waals surface area contributed by atoms with Gasteiger partial charge in [-0.05, 0) is 24.3 Å². The van der Waals surface area contributed by atoms with E-state index in [0.717, 1.165) is 23.2 Å². The minimum absolute atomic E-state index is 0.643. The van der Waals surface area contributed by atoms with Gasteiger partial charge >= 0.3 is 0 Å². The van der Waals surface area contributed by atoms with E-state index in [1.54, 1.807) is 6.20 Å². The minimum atomic E-state index is 0.643. The lowest BCUT2D eigenvalue weighted by atomic mass is 10.2. The van der Waals surface area contributed by atoms with Crippen molar-refractivity contribution in [3.05, 3.63) is 61.1 Å². The van der Waals surface area contributed by atoms with E-state index in [1.807, 2.05) is 54.9 Å². The summed E-state index contributed by atoms with van der Waals surface area (Å²) in [5.41, 5.74) is 0.924. The third kappa shape index (κ3) is 2.20. The summed E-state index contributed by atoms with van der Waals surface area (Å²) >= 11 is 0. The van der Waals surface area contributed by atoms with Crippen LogP contribution in [0.3, 0.4) is 0 Å². The Kier molecular flexibility index (Phi) is 2.96. The second kappa shape index (κ2) is 4.92. The minimum Gasteiger partial charge on any atom is -0.489 e. The van der Waals surface area contributed by atoms with Crippen molar-refractivity contribution in [1.29, 1.82) is 0 Å². The van der Waals surface area contributed by atoms with Gasteiger partial charge in [0.05, 0.1) is 6.54 Å². The third-order valence-corrected chi connectivity index (χ3v) is 2.87. The summed E-state index contributed by atoms with van der Waals surface area (Å²) in [7, 11) is 0. The van der Waals surface area contributed by atoms with Crippen LogP contribution in [0.25, 0.3) is 10.9 Å². The van der Waals surface area contributed by atoms with E-state index in [-0.39, 0.29) is 0 Å². The van der Waals surface area contributed by atoms with Crippen LogP contribution in [0, 0.1) is 0 Å². The number of nitrogens with zero attached hydrogens (tertiary/aromatic N) is 2. The molecule has 0 unspecified atom stereocenters. The highest BCUT2D eigenvalue weighted by atomic mass is 16.5. The van der Waals surface area contributed by atoms with E-state index in [1.165, 1.54) is 0 Å². The molecule has 3 heteroatoms. The van der Waals surface area contributed by atoms with Gasteiger partial charge < -0.3 is 9.30 Å². The zero-order chi connectivity index (χ0) is 12.2. The number of para-hydroxylation sites is 1. The molecule has 0 saturated heterocycles. The summed E-state index contributed by atoms with van der Waals surface area (Å²) < 4.78 is 7.91. The Morgan fingerprint density at radius 3 is 2.72 bits per heavy atom. The topological polar surface area (TPSA) is 27.1 Å². The summed E-state index contributed by atoms with van der Waals surface area (Å²) in [6, 6.07) is 14.0. The van der Waals surface area contributed by atoms with E-state index < -0.39 is 0 Å². The summed E-state index contributed by atoms with van der Waals surface area (Å²) in [4.78, 5) is 4.37. The van der Waals surface area contributed by atoms with Gasteiger partial charge in [-0.15, -0.1) is 0 Å². The Bertz CT molecular complexity index is 627. The van der Waals surface area contributed by atoms with Gasteiger partial charge in [-0.1, -0.05) is 18.2 Å². The molecule has 18 heavy (non-hydrogen) atoms. The van der Waals surface area contributed by atoms with E-state index in [0.29, 0.717) is 6.61 Å². The van der Waals surface area contributed by atoms with E-state index in [9.17, 15) is 0 Å². The molecule has 0 atom stereocenters. The molecule has 0 aliphatic rings. The monoisotopic (exact) mass is 238 g/mol. The number of aromatic nitrogens is 2. The molecule has 0 aliphatic carbocycles. The van der Waals surface area contributed by atoms with Gasteiger partial charge in [-0.25, -0.2) is 0 Å². The highest BCUT2D eigenvalue weighted by Gasteiger charge is 2.02. The molecule has 0 radical (unpaired) electrons. The fraction of sp³-hybridized carbons (Fsp3) is 0.133. The quantitative estimate of drug-likeness (QED) is 0.698. The van der Waals surface area contributed by atoms with Crippen molar-refractivity contribution >= 4 is 10.9 Å². The van der Waals surface area contributed by atoms with Crippen molar-refractivity contribution < 1.29 is 4.74 Å². The molecule has 3 rings (SSSR count). The zero-order valence-corrected chi connectivity index (χ0v) is 9.99. The molecule has 0 saturated carbocycles. The van der Waals surface area contributed by atoms with Gasteiger partial charge in [0.2, 0.25) is 0 Å². The predicted octanol–water partition coefficient (Wildman–Crippen LogP) is 3.12. The van der Waals surface area contributed by atoms with Crippen LogP contribution in [0.5, 0.6) is 5.75 Å². The van der Waals surface area contributed by atoms with Crippen molar-refractivity contribution in [3.8, 4) is 5.75 Å². The molecule has 2 aromatic heterocycles. The SMILES string of the molecule is c1cnc2c(OCCn3cccc3)cccc2c1. The first-order chi connectivity index (χ1) is 8.93. The number of rotatable bonds is 4. The first-order valence-corrected chi connectivity index (χ1v) is 6.01. The summed E-state index contributed by atoms with van der Waals surface area (Å²) in [6.45, 7) is 1.49. The summed E-state index contributed by atoms with van der Waals surface area (Å²) in [5.74, 6) is 0.847. The highest BCUT2D eigenvalue weighted by molar-refractivity contribution is 5.84. The third-order valence-electron chi connectivity index (χ3n) is 2.87. The molecule has 0 amide bonds. The Morgan fingerprint density at radius 2 is 1.83 bits per heavy atom. The van der Waals surface area contributed by atoms with E-state index in [2.05, 4.69) is 9.55 Å². The number of pyridine rings is 1. The standard InChI is InChI=1S/C15H14N2O/c1-2-10-17(9-1)11-12-18-14-7-3-5-13-6-4-8-16-15(13)14/h1-10H,11-12H2. The van der Waals surface area contributed by atoms with Crippen LogP contribution in [-0.2, 0) is 6.54 Å². The van der Waals surface area contributed by atoms with Gasteiger partial charge in [0.15, 0.2) is 0 Å². The maximum atomic E-state index is 5.81. The zero-order valence-electron chi connectivity index (χ0n) is 9.99. The molecular formula is C15H14N2O. The number of benzene rings is 1. The molecule has 3 nitrogen and oxygen atoms in total. The molecule has 0 N–H and O–H groups in total. The molecule has 1 aromatic carbocycles. The molecule has 0 fully saturated rings. The van der Waals surface area contributed by atoms with Crippen molar-refractivity contribution in [2.45, 2.75) is 6.54 Å². The lowest BCUT2D eigenvalue weighted by Crippen LogP contribution is -2.06. The van der Waals surface area contributed by atoms with Crippen LogP contribution < -0.4 is 4.74 Å². The smallest absolute Gasteiger partial charge is 0.145 e. The van der Waals surface area contributed by atoms with Gasteiger partial charge in [0, 0.05) is 24.0 Å². The highest BCUT2D eigenvalue weighted by Crippen LogP contribution is 2.22. The maximum Gasteiger partial charge on any atom is 0.145 e. The first kappa shape index (κ1) is 10.8. The molecule has 0 bridgehead atoms. The van der Waals surface area contributed by atoms with Gasteiger partial charge in [-0.3, -0.25) is 4.98 Å². The first-order valence-electron chi connectivity index (χ1n) is 6.01. The lowest BCUT2D eigenvalue weighted by molar-refractivity contribution is 0.301. The molecule has 0 aliphatic heterocycles. The largest absolute Gasteiger partial charge is 0.489 e. The van der Waals surface area contributed by atoms with E-state index >= 15 is 0 Å². The number of fused-ring (bicyclic) bond motifs is 1. The Labute approximate surface area is 106 Å². The van der Waals surface area contributed by atoms with Crippen LogP contribution in [0.15, 0.2) is 61.1 Å². The summed E-state index contributed by atoms with van der Waals surface area (Å²) in [6.07, 6.45) is 5.86. The molecule has 90 valence electrons. The van der Waals surface area contributed by atoms with Crippen molar-refractivity contribution in [2.24, 2.45) is 0 Å². The average molecular weight is 238 g/mol. The molecule has 3 aromatic rings. The number of hydrogen-bond acceptors (Lipinski definition) is 2. The van der Waals surface area contributed by atoms with Crippen LogP contribution in [0.1, 0.15) is 0 Å². The molecule has 0 spiro atoms. The Morgan fingerprint density at radius 1 is 1.00 bits per heavy atom. The van der Waals surface area contributed by atoms with Crippen LogP contribution >= 0.6 is 0 Å². The second-order valence-electron chi connectivity index (χ2n) is 4.10. The van der Waals surface area contributed by atoms with Crippen molar-refractivity contribution in [2.75, 3.05) is 6.61 Å². The Hall–Kier alpha value is -2.29. The van der Waals surface area contributed by atoms with Gasteiger partial charge in [0.1, 0.15) is 17.9 Å². The van der Waals surface area contributed by atoms with Crippen molar-refractivity contribution in [3.63, 3.8) is 0 Å². The van der Waals surface area contributed by atoms with Crippen molar-refractivity contribution in [1.82, 2.24) is 9.55 Å². The fourth-order valence-electron chi connectivity index (χ4n) is 1.97. The second-order valence-corrected chi connectivity index (χ2v) is 4.10. The normalized spacial score (nSPS) is 10.7. The molecule has 2 heterocycles. The summed E-state index contributed by atoms with van der Waals surface area (Å²) in [5, 5.41) is 1.11. The van der Waals surface area contributed by atoms with Gasteiger partial charge in [0.25, 0.3) is 0 Å². The number of ether oxygens (including phenoxy) is 1. The lowest BCUT2D eigenvalue weighted by Gasteiger charge is -2.09. The fourth-order valence-corrected chi connectivity index (χ4v) is 1.97. The Balaban J connectivity index is 1.74. The number of hydrogen-bond donors (Lipinski definition) is 0. The van der Waals surface area contributed by atoms with Crippen LogP contribution in [0.2, 0.25) is 0 Å².